The van der Waals surface area contributed by atoms with Crippen molar-refractivity contribution in [2.75, 3.05) is 9.62 Å². The summed E-state index contributed by atoms with van der Waals surface area (Å²) in [5.74, 6) is 2.02. The second kappa shape index (κ2) is 16.6. The number of ether oxygens (including phenoxy) is 1. The van der Waals surface area contributed by atoms with Gasteiger partial charge in [0.1, 0.15) is 0 Å². The van der Waals surface area contributed by atoms with E-state index in [1.807, 2.05) is 18.2 Å². The number of hydrogen-bond donors (Lipinski definition) is 0. The van der Waals surface area contributed by atoms with Crippen LogP contribution < -0.4 is 19.8 Å². The molecule has 2 aliphatic heterocycles. The van der Waals surface area contributed by atoms with Crippen LogP contribution in [0.2, 0.25) is 0 Å². The van der Waals surface area contributed by atoms with E-state index in [0.29, 0.717) is 11.6 Å². The topological polar surface area (TPSA) is 38.5 Å². The van der Waals surface area contributed by atoms with Gasteiger partial charge in [0.05, 0.1) is 0 Å². The van der Waals surface area contributed by atoms with Crippen molar-refractivity contribution in [1.29, 1.82) is 0 Å². The normalized spacial score (nSPS) is 12.4. The van der Waals surface area contributed by atoms with Gasteiger partial charge in [0.25, 0.3) is 0 Å². The number of nitrogens with zero attached hydrogens (tertiary/aromatic N) is 5. The van der Waals surface area contributed by atoms with Gasteiger partial charge in [0.15, 0.2) is 0 Å². The van der Waals surface area contributed by atoms with E-state index in [-0.39, 0.29) is 6.98 Å². The molecule has 0 unspecified atom stereocenters. The van der Waals surface area contributed by atoms with Crippen LogP contribution >= 0.6 is 0 Å². The number of hydrogen-bond acceptors (Lipinski definition) is 4. The Balaban J connectivity index is 0.899. The zero-order valence-electron chi connectivity index (χ0n) is 36.6. The third kappa shape index (κ3) is 6.61. The SMILES string of the molecule is [Pt]=[c]1n(-c2cccc(Oc3cccc(N4B5c6ccccc6-c6ccccc6N5c5ccccc54)n3)c2)c2ccccc2n1-c1c(-c2ccccc2)cccc1-c1ccc(-c2ccccc2)cc1. The molecule has 0 atom stereocenters. The number of fused-ring (bicyclic) bond motifs is 9. The molecule has 0 spiro atoms. The fraction of sp³-hybridized carbons (Fsp3) is 0. The second-order valence-corrected chi connectivity index (χ2v) is 18.1. The number of aromatic nitrogens is 3. The maximum absolute atomic E-state index is 6.76. The van der Waals surface area contributed by atoms with Crippen molar-refractivity contribution in [3.05, 3.63) is 246 Å². The summed E-state index contributed by atoms with van der Waals surface area (Å²) in [6.45, 7) is -0.123. The fourth-order valence-electron chi connectivity index (χ4n) is 10.2. The van der Waals surface area contributed by atoms with E-state index in [4.69, 9.17) is 9.72 Å². The average Bonchev–Trinajstić information content (AvgIpc) is 3.91. The van der Waals surface area contributed by atoms with Crippen LogP contribution in [0, 0.1) is 3.80 Å². The van der Waals surface area contributed by atoms with Gasteiger partial charge in [-0.25, -0.2) is 0 Å². The molecule has 0 amide bonds. The minimum atomic E-state index is -0.123. The molecule has 0 fully saturated rings. The molecule has 0 N–H and O–H groups in total. The van der Waals surface area contributed by atoms with Gasteiger partial charge >= 0.3 is 325 Å². The number of imidazole rings is 1. The van der Waals surface area contributed by atoms with Crippen LogP contribution in [0.4, 0.5) is 22.9 Å². The van der Waals surface area contributed by atoms with Crippen molar-refractivity contribution in [2.24, 2.45) is 0 Å². The van der Waals surface area contributed by atoms with Gasteiger partial charge in [-0.2, -0.15) is 0 Å². The van der Waals surface area contributed by atoms with E-state index in [1.165, 1.54) is 33.4 Å². The molecule has 9 aromatic carbocycles. The zero-order chi connectivity index (χ0) is 45.1. The first-order valence-corrected chi connectivity index (χ1v) is 24.0. The molecule has 0 bridgehead atoms. The Bertz CT molecular complexity index is 3780. The molecule has 0 radical (unpaired) electrons. The molecular weight excluding hydrogens is 1010 g/mol. The van der Waals surface area contributed by atoms with Crippen molar-refractivity contribution < 1.29 is 24.1 Å². The molecule has 68 heavy (non-hydrogen) atoms. The summed E-state index contributed by atoms with van der Waals surface area (Å²) in [5, 5.41) is 0. The number of para-hydroxylation sites is 6. The predicted molar refractivity (Wildman–Crippen MR) is 274 cm³/mol. The molecule has 0 saturated heterocycles. The van der Waals surface area contributed by atoms with Crippen molar-refractivity contribution in [2.45, 2.75) is 0 Å². The third-order valence-electron chi connectivity index (χ3n) is 13.2. The van der Waals surface area contributed by atoms with Crippen LogP contribution in [0.3, 0.4) is 0 Å². The molecule has 2 aliphatic rings. The summed E-state index contributed by atoms with van der Waals surface area (Å²) in [6, 6.07) is 86.0. The summed E-state index contributed by atoms with van der Waals surface area (Å²) in [4.78, 5) is 10.0. The molecule has 8 heteroatoms. The molecular formula is C60H40BN5OPt. The Kier molecular flexibility index (Phi) is 9.76. The van der Waals surface area contributed by atoms with Gasteiger partial charge in [-0.05, 0) is 17.7 Å². The Morgan fingerprint density at radius 1 is 0.397 bits per heavy atom. The van der Waals surface area contributed by atoms with Crippen molar-refractivity contribution in [3.63, 3.8) is 0 Å². The summed E-state index contributed by atoms with van der Waals surface area (Å²) >= 11 is 2.50. The van der Waals surface area contributed by atoms with Gasteiger partial charge < -0.3 is 0 Å². The summed E-state index contributed by atoms with van der Waals surface area (Å²) in [5.41, 5.74) is 18.4. The molecule has 0 saturated carbocycles. The van der Waals surface area contributed by atoms with Crippen molar-refractivity contribution in [3.8, 4) is 67.5 Å². The van der Waals surface area contributed by atoms with E-state index < -0.39 is 0 Å². The van der Waals surface area contributed by atoms with Crippen LogP contribution in [0.15, 0.2) is 243 Å². The molecule has 11 aromatic rings. The monoisotopic (exact) mass is 1050 g/mol. The van der Waals surface area contributed by atoms with Gasteiger partial charge in [-0.1, -0.05) is 54.6 Å². The summed E-state index contributed by atoms with van der Waals surface area (Å²) in [6.07, 6.45) is 0. The van der Waals surface area contributed by atoms with Gasteiger partial charge in [0, 0.05) is 11.3 Å². The molecule has 324 valence electrons. The first-order chi connectivity index (χ1) is 33.7. The first-order valence-electron chi connectivity index (χ1n) is 22.8. The number of rotatable bonds is 8. The van der Waals surface area contributed by atoms with Gasteiger partial charge in [-0.3, -0.25) is 0 Å². The summed E-state index contributed by atoms with van der Waals surface area (Å²) in [7, 11) is 0. The van der Waals surface area contributed by atoms with Crippen LogP contribution in [-0.2, 0) is 19.4 Å². The Morgan fingerprint density at radius 3 is 1.68 bits per heavy atom. The molecule has 4 heterocycles. The standard InChI is InChI=1S/C60H40BN5O.Pt/c1-3-18-42(19-4-1)43-36-38-45(39-37-43)49-27-16-26-48(44-20-5-2-6-21-44)60(49)64-41-63(54-30-11-12-31-55(54)64)46-22-15-23-47(40-46)67-59-35-17-34-58(62-59)66-57-33-14-13-32-56(57)65-53-29-10-8-25-51(53)50-24-7-9-28-52(50)61(65)66;/h1-40H;. The summed E-state index contributed by atoms with van der Waals surface area (Å²) < 4.78 is 12.5. The number of benzene rings is 9. The van der Waals surface area contributed by atoms with Crippen LogP contribution in [0.25, 0.3) is 66.9 Å². The Morgan fingerprint density at radius 2 is 0.926 bits per heavy atom. The van der Waals surface area contributed by atoms with E-state index in [9.17, 15) is 0 Å². The molecule has 6 nitrogen and oxygen atoms in total. The predicted octanol–water partition coefficient (Wildman–Crippen LogP) is 14.4. The van der Waals surface area contributed by atoms with Crippen molar-refractivity contribution >= 4 is 46.4 Å². The van der Waals surface area contributed by atoms with Gasteiger partial charge in [0.2, 0.25) is 0 Å². The molecule has 2 aromatic heterocycles. The van der Waals surface area contributed by atoms with E-state index >= 15 is 0 Å². The quantitative estimate of drug-likeness (QED) is 0.142. The zero-order valence-corrected chi connectivity index (χ0v) is 38.9. The van der Waals surface area contributed by atoms with Crippen LogP contribution in [0.5, 0.6) is 11.6 Å². The van der Waals surface area contributed by atoms with E-state index in [1.54, 1.807) is 0 Å². The Hall–Kier alpha value is -8.25. The fourth-order valence-corrected chi connectivity index (χ4v) is 11.3. The third-order valence-corrected chi connectivity index (χ3v) is 14.2. The van der Waals surface area contributed by atoms with Crippen molar-refractivity contribution in [1.82, 2.24) is 14.1 Å². The van der Waals surface area contributed by atoms with Crippen LogP contribution in [0.1, 0.15) is 0 Å². The van der Waals surface area contributed by atoms with Crippen LogP contribution in [-0.4, -0.2) is 21.1 Å². The average molecular weight is 1050 g/mol. The van der Waals surface area contributed by atoms with E-state index in [2.05, 4.69) is 263 Å². The maximum atomic E-state index is 6.76. The number of pyridine rings is 1. The first kappa shape index (κ1) is 40.1. The Labute approximate surface area is 405 Å². The number of anilines is 4. The van der Waals surface area contributed by atoms with E-state index in [0.717, 1.165) is 65.7 Å². The van der Waals surface area contributed by atoms with Gasteiger partial charge in [-0.15, -0.1) is 0 Å². The second-order valence-electron chi connectivity index (χ2n) is 17.1. The molecule has 13 rings (SSSR count). The molecule has 0 aliphatic carbocycles. The minimum absolute atomic E-state index is 0.123.